The van der Waals surface area contributed by atoms with Crippen LogP contribution < -0.4 is 5.32 Å². The molecule has 0 bridgehead atoms. The molecule has 120 valence electrons. The Morgan fingerprint density at radius 2 is 2.00 bits per heavy atom. The largest absolute Gasteiger partial charge is 0.416 e. The second-order valence-corrected chi connectivity index (χ2v) is 7.18. The maximum atomic E-state index is 12.8. The lowest BCUT2D eigenvalue weighted by atomic mass is 9.93. The van der Waals surface area contributed by atoms with E-state index in [1.165, 1.54) is 25.0 Å². The summed E-state index contributed by atoms with van der Waals surface area (Å²) in [6, 6.07) is 5.49. The van der Waals surface area contributed by atoms with Gasteiger partial charge < -0.3 is 5.32 Å². The molecule has 3 rings (SSSR count). The molecule has 2 heterocycles. The highest BCUT2D eigenvalue weighted by atomic mass is 32.2. The Balaban J connectivity index is 1.62. The molecule has 0 amide bonds. The van der Waals surface area contributed by atoms with Crippen molar-refractivity contribution in [2.24, 2.45) is 10.9 Å². The molecule has 0 spiro atoms. The highest BCUT2D eigenvalue weighted by Gasteiger charge is 2.31. The van der Waals surface area contributed by atoms with E-state index in [2.05, 4.69) is 10.3 Å². The molecular weight excluding hydrogens is 309 g/mol. The van der Waals surface area contributed by atoms with Crippen molar-refractivity contribution in [2.75, 3.05) is 19.6 Å². The summed E-state index contributed by atoms with van der Waals surface area (Å²) in [6.45, 7) is 2.87. The van der Waals surface area contributed by atoms with Crippen LogP contribution in [0.15, 0.2) is 29.3 Å². The van der Waals surface area contributed by atoms with Crippen molar-refractivity contribution in [1.29, 1.82) is 0 Å². The lowest BCUT2D eigenvalue weighted by Gasteiger charge is -2.24. The van der Waals surface area contributed by atoms with Crippen molar-refractivity contribution in [3.63, 3.8) is 0 Å². The second-order valence-electron chi connectivity index (χ2n) is 5.89. The van der Waals surface area contributed by atoms with Gasteiger partial charge in [-0.3, -0.25) is 4.99 Å². The molecular formula is C16H19F3N2S. The Bertz CT molecular complexity index is 551. The van der Waals surface area contributed by atoms with Gasteiger partial charge in [0.15, 0.2) is 0 Å². The van der Waals surface area contributed by atoms with E-state index in [4.69, 9.17) is 0 Å². The summed E-state index contributed by atoms with van der Waals surface area (Å²) < 4.78 is 38.4. The van der Waals surface area contributed by atoms with E-state index in [-0.39, 0.29) is 0 Å². The van der Waals surface area contributed by atoms with E-state index in [0.717, 1.165) is 43.1 Å². The van der Waals surface area contributed by atoms with Crippen LogP contribution in [0.5, 0.6) is 0 Å². The van der Waals surface area contributed by atoms with Gasteiger partial charge in [-0.05, 0) is 50.4 Å². The second kappa shape index (κ2) is 6.62. The number of nitrogens with one attached hydrogen (secondary N) is 1. The van der Waals surface area contributed by atoms with Gasteiger partial charge in [-0.2, -0.15) is 13.2 Å². The van der Waals surface area contributed by atoms with Gasteiger partial charge in [-0.1, -0.05) is 12.1 Å². The molecule has 1 unspecified atom stereocenters. The molecule has 1 fully saturated rings. The molecule has 1 saturated heterocycles. The highest BCUT2D eigenvalue weighted by molar-refractivity contribution is 8.15. The lowest BCUT2D eigenvalue weighted by Crippen LogP contribution is -2.29. The monoisotopic (exact) mass is 328 g/mol. The Morgan fingerprint density at radius 1 is 1.23 bits per heavy atom. The van der Waals surface area contributed by atoms with Crippen molar-refractivity contribution in [3.8, 4) is 0 Å². The van der Waals surface area contributed by atoms with E-state index >= 15 is 0 Å². The number of rotatable bonds is 3. The fourth-order valence-corrected chi connectivity index (χ4v) is 4.26. The van der Waals surface area contributed by atoms with Crippen LogP contribution in [0.4, 0.5) is 13.2 Å². The summed E-state index contributed by atoms with van der Waals surface area (Å²) in [5.41, 5.74) is -0.0114. The molecule has 22 heavy (non-hydrogen) atoms. The minimum Gasteiger partial charge on any atom is -0.317 e. The van der Waals surface area contributed by atoms with E-state index in [0.29, 0.717) is 10.8 Å². The first-order chi connectivity index (χ1) is 10.5. The molecule has 0 aromatic heterocycles. The number of hydrogen-bond acceptors (Lipinski definition) is 3. The number of aliphatic imine (C=N–C) groups is 1. The zero-order valence-electron chi connectivity index (χ0n) is 12.2. The Hall–Kier alpha value is -1.01. The van der Waals surface area contributed by atoms with Crippen LogP contribution in [0.3, 0.4) is 0 Å². The van der Waals surface area contributed by atoms with Crippen molar-refractivity contribution in [2.45, 2.75) is 30.7 Å². The minimum absolute atomic E-state index is 0.410. The standard InChI is InChI=1S/C16H19F3N2S/c17-16(18,19)13-3-1-2-12(9-13)15-21-10-14(22-15)8-11-4-6-20-7-5-11/h1-3,9,11,14,20H,4-8,10H2. The number of benzene rings is 1. The predicted octanol–water partition coefficient (Wildman–Crippen LogP) is 3.96. The fourth-order valence-electron chi connectivity index (χ4n) is 3.02. The van der Waals surface area contributed by atoms with E-state index in [1.807, 2.05) is 0 Å². The van der Waals surface area contributed by atoms with Crippen LogP contribution in [0, 0.1) is 5.92 Å². The summed E-state index contributed by atoms with van der Waals surface area (Å²) in [5, 5.41) is 4.52. The van der Waals surface area contributed by atoms with Gasteiger partial charge in [-0.15, -0.1) is 11.8 Å². The van der Waals surface area contributed by atoms with Gasteiger partial charge in [0.05, 0.1) is 17.2 Å². The highest BCUT2D eigenvalue weighted by Crippen LogP contribution is 2.34. The SMILES string of the molecule is FC(F)(F)c1cccc(C2=NCC(CC3CCNCC3)S2)c1. The van der Waals surface area contributed by atoms with Crippen LogP contribution >= 0.6 is 11.8 Å². The normalized spacial score (nSPS) is 23.6. The molecule has 2 aliphatic heterocycles. The van der Waals surface area contributed by atoms with Crippen LogP contribution in [0.2, 0.25) is 0 Å². The molecule has 0 aliphatic carbocycles. The van der Waals surface area contributed by atoms with Crippen molar-refractivity contribution in [3.05, 3.63) is 35.4 Å². The molecule has 2 aliphatic rings. The first-order valence-corrected chi connectivity index (χ1v) is 8.50. The first-order valence-electron chi connectivity index (χ1n) is 7.62. The van der Waals surface area contributed by atoms with Crippen molar-refractivity contribution in [1.82, 2.24) is 5.32 Å². The topological polar surface area (TPSA) is 24.4 Å². The van der Waals surface area contributed by atoms with Crippen LogP contribution in [0.25, 0.3) is 0 Å². The van der Waals surface area contributed by atoms with Crippen molar-refractivity contribution < 1.29 is 13.2 Å². The van der Waals surface area contributed by atoms with E-state index in [1.54, 1.807) is 17.8 Å². The van der Waals surface area contributed by atoms with Crippen molar-refractivity contribution >= 4 is 16.8 Å². The summed E-state index contributed by atoms with van der Waals surface area (Å²) in [4.78, 5) is 4.47. The minimum atomic E-state index is -4.30. The smallest absolute Gasteiger partial charge is 0.317 e. The average molecular weight is 328 g/mol. The maximum absolute atomic E-state index is 12.8. The van der Waals surface area contributed by atoms with Crippen LogP contribution in [0.1, 0.15) is 30.4 Å². The lowest BCUT2D eigenvalue weighted by molar-refractivity contribution is -0.137. The Labute approximate surface area is 132 Å². The number of nitrogens with zero attached hydrogens (tertiary/aromatic N) is 1. The van der Waals surface area contributed by atoms with Gasteiger partial charge >= 0.3 is 6.18 Å². The van der Waals surface area contributed by atoms with Gasteiger partial charge in [0.1, 0.15) is 0 Å². The Morgan fingerprint density at radius 3 is 2.73 bits per heavy atom. The quantitative estimate of drug-likeness (QED) is 0.908. The van der Waals surface area contributed by atoms with E-state index in [9.17, 15) is 13.2 Å². The molecule has 1 aromatic rings. The van der Waals surface area contributed by atoms with Gasteiger partial charge in [0.25, 0.3) is 0 Å². The third kappa shape index (κ3) is 3.84. The van der Waals surface area contributed by atoms with Gasteiger partial charge in [0.2, 0.25) is 0 Å². The third-order valence-corrected chi connectivity index (χ3v) is 5.47. The molecule has 1 aromatic carbocycles. The number of halogens is 3. The Kier molecular flexibility index (Phi) is 4.78. The van der Waals surface area contributed by atoms with Crippen LogP contribution in [-0.4, -0.2) is 29.9 Å². The average Bonchev–Trinajstić information content (AvgIpc) is 2.96. The molecule has 2 nitrogen and oxygen atoms in total. The summed E-state index contributed by atoms with van der Waals surface area (Å²) in [6.07, 6.45) is -0.807. The molecule has 1 atom stereocenters. The van der Waals surface area contributed by atoms with E-state index < -0.39 is 11.7 Å². The zero-order valence-corrected chi connectivity index (χ0v) is 13.0. The number of alkyl halides is 3. The number of thioether (sulfide) groups is 1. The summed E-state index contributed by atoms with van der Waals surface area (Å²) in [7, 11) is 0. The number of hydrogen-bond donors (Lipinski definition) is 1. The van der Waals surface area contributed by atoms with Crippen LogP contribution in [-0.2, 0) is 6.18 Å². The maximum Gasteiger partial charge on any atom is 0.416 e. The molecule has 1 N–H and O–H groups in total. The predicted molar refractivity (Wildman–Crippen MR) is 84.4 cm³/mol. The fraction of sp³-hybridized carbons (Fsp3) is 0.562. The van der Waals surface area contributed by atoms with Gasteiger partial charge in [-0.25, -0.2) is 0 Å². The molecule has 0 radical (unpaired) electrons. The summed E-state index contributed by atoms with van der Waals surface area (Å²) >= 11 is 1.64. The first kappa shape index (κ1) is 15.9. The third-order valence-electron chi connectivity index (χ3n) is 4.21. The molecule has 6 heteroatoms. The molecule has 0 saturated carbocycles. The van der Waals surface area contributed by atoms with Gasteiger partial charge in [0, 0.05) is 10.8 Å². The zero-order chi connectivity index (χ0) is 15.6. The summed E-state index contributed by atoms with van der Waals surface area (Å²) in [5.74, 6) is 0.717. The number of piperidine rings is 1.